The molecule has 1 aliphatic heterocycles. The van der Waals surface area contributed by atoms with Crippen LogP contribution in [0.3, 0.4) is 0 Å². The quantitative estimate of drug-likeness (QED) is 0.786. The summed E-state index contributed by atoms with van der Waals surface area (Å²) >= 11 is 0. The summed E-state index contributed by atoms with van der Waals surface area (Å²) in [5.41, 5.74) is 2.96. The second-order valence-electron chi connectivity index (χ2n) is 4.22. The van der Waals surface area contributed by atoms with Gasteiger partial charge in [-0.2, -0.15) is 0 Å². The molecule has 1 atom stereocenters. The molecule has 1 saturated heterocycles. The SMILES string of the molecule is COc1ccccc1C(=O)NOC1CCCNC1. The minimum atomic E-state index is -0.280. The summed E-state index contributed by atoms with van der Waals surface area (Å²) in [5, 5.41) is 3.22. The zero-order chi connectivity index (χ0) is 12.8. The lowest BCUT2D eigenvalue weighted by Gasteiger charge is -2.22. The van der Waals surface area contributed by atoms with Gasteiger partial charge in [0.25, 0.3) is 5.91 Å². The van der Waals surface area contributed by atoms with Crippen LogP contribution in [-0.2, 0) is 4.84 Å². The van der Waals surface area contributed by atoms with Gasteiger partial charge in [0.15, 0.2) is 0 Å². The van der Waals surface area contributed by atoms with Gasteiger partial charge in [-0.1, -0.05) is 12.1 Å². The molecule has 1 fully saturated rings. The number of methoxy groups -OCH3 is 1. The number of hydrogen-bond donors (Lipinski definition) is 2. The highest BCUT2D eigenvalue weighted by Crippen LogP contribution is 2.17. The van der Waals surface area contributed by atoms with Crippen LogP contribution in [0.25, 0.3) is 0 Å². The first kappa shape index (κ1) is 12.9. The zero-order valence-corrected chi connectivity index (χ0v) is 10.4. The summed E-state index contributed by atoms with van der Waals surface area (Å²) in [7, 11) is 1.54. The van der Waals surface area contributed by atoms with Gasteiger partial charge < -0.3 is 10.1 Å². The lowest BCUT2D eigenvalue weighted by molar-refractivity contribution is -0.0252. The molecule has 1 aliphatic rings. The lowest BCUT2D eigenvalue weighted by atomic mass is 10.1. The van der Waals surface area contributed by atoms with Crippen molar-refractivity contribution in [3.63, 3.8) is 0 Å². The summed E-state index contributed by atoms with van der Waals surface area (Å²) in [6.45, 7) is 1.78. The van der Waals surface area contributed by atoms with Gasteiger partial charge in [0.1, 0.15) is 5.75 Å². The number of benzene rings is 1. The van der Waals surface area contributed by atoms with E-state index in [2.05, 4.69) is 10.8 Å². The van der Waals surface area contributed by atoms with Gasteiger partial charge >= 0.3 is 0 Å². The fourth-order valence-corrected chi connectivity index (χ4v) is 1.94. The normalized spacial score (nSPS) is 19.3. The Balaban J connectivity index is 1.90. The first-order chi connectivity index (χ1) is 8.81. The van der Waals surface area contributed by atoms with Crippen molar-refractivity contribution in [1.29, 1.82) is 0 Å². The fourth-order valence-electron chi connectivity index (χ4n) is 1.94. The molecule has 5 heteroatoms. The Bertz CT molecular complexity index is 403. The predicted molar refractivity (Wildman–Crippen MR) is 67.4 cm³/mol. The molecule has 0 radical (unpaired) electrons. The van der Waals surface area contributed by atoms with E-state index in [0.29, 0.717) is 11.3 Å². The summed E-state index contributed by atoms with van der Waals surface area (Å²) in [6, 6.07) is 7.06. The molecule has 0 aromatic heterocycles. The van der Waals surface area contributed by atoms with E-state index in [9.17, 15) is 4.79 Å². The second-order valence-corrected chi connectivity index (χ2v) is 4.22. The van der Waals surface area contributed by atoms with Gasteiger partial charge in [0.05, 0.1) is 18.8 Å². The van der Waals surface area contributed by atoms with E-state index in [-0.39, 0.29) is 12.0 Å². The van der Waals surface area contributed by atoms with Gasteiger partial charge in [0, 0.05) is 6.54 Å². The Labute approximate surface area is 106 Å². The van der Waals surface area contributed by atoms with E-state index in [1.165, 1.54) is 7.11 Å². The standard InChI is InChI=1S/C13H18N2O3/c1-17-12-7-3-2-6-11(12)13(16)15-18-10-5-4-8-14-9-10/h2-3,6-7,10,14H,4-5,8-9H2,1H3,(H,15,16). The zero-order valence-electron chi connectivity index (χ0n) is 10.4. The number of hydrogen-bond acceptors (Lipinski definition) is 4. The van der Waals surface area contributed by atoms with Crippen LogP contribution < -0.4 is 15.5 Å². The van der Waals surface area contributed by atoms with Crippen LogP contribution in [0, 0.1) is 0 Å². The van der Waals surface area contributed by atoms with Crippen molar-refractivity contribution >= 4 is 5.91 Å². The number of carbonyl (C=O) groups excluding carboxylic acids is 1. The van der Waals surface area contributed by atoms with Crippen LogP contribution in [0.2, 0.25) is 0 Å². The number of para-hydroxylation sites is 1. The van der Waals surface area contributed by atoms with E-state index in [4.69, 9.17) is 9.57 Å². The lowest BCUT2D eigenvalue weighted by Crippen LogP contribution is -2.40. The van der Waals surface area contributed by atoms with Gasteiger partial charge in [-0.05, 0) is 31.5 Å². The molecule has 98 valence electrons. The van der Waals surface area contributed by atoms with E-state index in [1.54, 1.807) is 18.2 Å². The number of rotatable bonds is 4. The van der Waals surface area contributed by atoms with E-state index in [0.717, 1.165) is 25.9 Å². The smallest absolute Gasteiger partial charge is 0.278 e. The summed E-state index contributed by atoms with van der Waals surface area (Å²) in [4.78, 5) is 17.3. The predicted octanol–water partition coefficient (Wildman–Crippen LogP) is 1.11. The van der Waals surface area contributed by atoms with Gasteiger partial charge in [-0.3, -0.25) is 9.63 Å². The molecule has 1 aromatic rings. The number of hydroxylamine groups is 1. The van der Waals surface area contributed by atoms with Crippen LogP contribution in [0.1, 0.15) is 23.2 Å². The van der Waals surface area contributed by atoms with Crippen molar-refractivity contribution in [2.45, 2.75) is 18.9 Å². The Morgan fingerprint density at radius 1 is 1.44 bits per heavy atom. The number of piperidine rings is 1. The Hall–Kier alpha value is -1.59. The third kappa shape index (κ3) is 3.21. The van der Waals surface area contributed by atoms with E-state index >= 15 is 0 Å². The highest BCUT2D eigenvalue weighted by Gasteiger charge is 2.17. The third-order valence-electron chi connectivity index (χ3n) is 2.92. The highest BCUT2D eigenvalue weighted by molar-refractivity contribution is 5.96. The molecular formula is C13H18N2O3. The van der Waals surface area contributed by atoms with Gasteiger partial charge in [-0.25, -0.2) is 5.48 Å². The molecule has 0 spiro atoms. The molecule has 2 rings (SSSR count). The number of ether oxygens (including phenoxy) is 1. The first-order valence-corrected chi connectivity index (χ1v) is 6.11. The van der Waals surface area contributed by atoms with Crippen LogP contribution in [0.4, 0.5) is 0 Å². The largest absolute Gasteiger partial charge is 0.496 e. The molecule has 1 unspecified atom stereocenters. The molecule has 2 N–H and O–H groups in total. The Morgan fingerprint density at radius 2 is 2.28 bits per heavy atom. The molecule has 0 saturated carbocycles. The number of amides is 1. The highest BCUT2D eigenvalue weighted by atomic mass is 16.7. The third-order valence-corrected chi connectivity index (χ3v) is 2.92. The first-order valence-electron chi connectivity index (χ1n) is 6.11. The van der Waals surface area contributed by atoms with Gasteiger partial charge in [-0.15, -0.1) is 0 Å². The van der Waals surface area contributed by atoms with Crippen molar-refractivity contribution in [1.82, 2.24) is 10.8 Å². The van der Waals surface area contributed by atoms with Crippen molar-refractivity contribution in [2.75, 3.05) is 20.2 Å². The van der Waals surface area contributed by atoms with Crippen molar-refractivity contribution < 1.29 is 14.4 Å². The van der Waals surface area contributed by atoms with Crippen LogP contribution >= 0.6 is 0 Å². The van der Waals surface area contributed by atoms with E-state index < -0.39 is 0 Å². The van der Waals surface area contributed by atoms with Crippen LogP contribution in [0.15, 0.2) is 24.3 Å². The van der Waals surface area contributed by atoms with Crippen LogP contribution in [0.5, 0.6) is 5.75 Å². The average molecular weight is 250 g/mol. The maximum Gasteiger partial charge on any atom is 0.278 e. The number of carbonyl (C=O) groups is 1. The van der Waals surface area contributed by atoms with Crippen molar-refractivity contribution in [3.05, 3.63) is 29.8 Å². The molecule has 1 amide bonds. The number of nitrogens with one attached hydrogen (secondary N) is 2. The summed E-state index contributed by atoms with van der Waals surface area (Å²) in [6.07, 6.45) is 2.06. The molecular weight excluding hydrogens is 232 g/mol. The minimum Gasteiger partial charge on any atom is -0.496 e. The van der Waals surface area contributed by atoms with Crippen LogP contribution in [-0.4, -0.2) is 32.2 Å². The molecule has 0 bridgehead atoms. The second kappa shape index (κ2) is 6.37. The van der Waals surface area contributed by atoms with Gasteiger partial charge in [0.2, 0.25) is 0 Å². The maximum absolute atomic E-state index is 11.9. The maximum atomic E-state index is 11.9. The summed E-state index contributed by atoms with van der Waals surface area (Å²) < 4.78 is 5.13. The monoisotopic (exact) mass is 250 g/mol. The van der Waals surface area contributed by atoms with Crippen molar-refractivity contribution in [2.24, 2.45) is 0 Å². The Morgan fingerprint density at radius 3 is 3.00 bits per heavy atom. The Kier molecular flexibility index (Phi) is 4.55. The van der Waals surface area contributed by atoms with E-state index in [1.807, 2.05) is 6.07 Å². The molecule has 1 heterocycles. The molecule has 18 heavy (non-hydrogen) atoms. The summed E-state index contributed by atoms with van der Waals surface area (Å²) in [5.74, 6) is 0.262. The van der Waals surface area contributed by atoms with Crippen molar-refractivity contribution in [3.8, 4) is 5.75 Å². The molecule has 0 aliphatic carbocycles. The minimum absolute atomic E-state index is 0.0393. The molecule has 1 aromatic carbocycles. The fraction of sp³-hybridized carbons (Fsp3) is 0.462. The average Bonchev–Trinajstić information content (AvgIpc) is 2.45. The topological polar surface area (TPSA) is 59.6 Å². The molecule has 5 nitrogen and oxygen atoms in total.